The van der Waals surface area contributed by atoms with Crippen LogP contribution in [0.3, 0.4) is 0 Å². The van der Waals surface area contributed by atoms with Gasteiger partial charge in [-0.05, 0) is 19.1 Å². The molecule has 0 spiro atoms. The number of nitrogens with zero attached hydrogens (tertiary/aromatic N) is 2. The third kappa shape index (κ3) is 5.95. The first-order valence-electron chi connectivity index (χ1n) is 8.73. The van der Waals surface area contributed by atoms with E-state index in [1.807, 2.05) is 43.3 Å². The first-order valence-corrected chi connectivity index (χ1v) is 8.73. The van der Waals surface area contributed by atoms with E-state index in [-0.39, 0.29) is 12.0 Å². The number of aromatic nitrogens is 2. The fourth-order valence-electron chi connectivity index (χ4n) is 2.21. The van der Waals surface area contributed by atoms with Gasteiger partial charge < -0.3 is 10.1 Å². The summed E-state index contributed by atoms with van der Waals surface area (Å²) in [5, 5.41) is 7.40. The largest absolute Gasteiger partial charge is 0.452 e. The fourth-order valence-corrected chi connectivity index (χ4v) is 2.21. The summed E-state index contributed by atoms with van der Waals surface area (Å²) in [5.41, 5.74) is 1.49. The van der Waals surface area contributed by atoms with Gasteiger partial charge >= 0.3 is 5.97 Å². The summed E-state index contributed by atoms with van der Waals surface area (Å²) >= 11 is 0. The highest BCUT2D eigenvalue weighted by Crippen LogP contribution is 2.26. The molecular weight excluding hydrogens is 342 g/mol. The number of hydrogen-bond acceptors (Lipinski definition) is 4. The average molecular weight is 367 g/mol. The number of amides is 1. The molecule has 0 aliphatic rings. The normalized spacial score (nSPS) is 11.9. The molecule has 0 atom stereocenters. The van der Waals surface area contributed by atoms with Gasteiger partial charge in [-0.3, -0.25) is 4.79 Å². The molecule has 1 aromatic carbocycles. The Morgan fingerprint density at radius 1 is 1.19 bits per heavy atom. The molecule has 0 fully saturated rings. The maximum absolute atomic E-state index is 12.2. The quantitative estimate of drug-likeness (QED) is 0.479. The number of benzene rings is 1. The smallest absolute Gasteiger partial charge is 0.331 e. The van der Waals surface area contributed by atoms with Crippen LogP contribution in [0, 0.1) is 0 Å². The minimum absolute atomic E-state index is 0.177. The summed E-state index contributed by atoms with van der Waals surface area (Å²) in [6.45, 7) is 7.62. The molecule has 1 heterocycles. The second kappa shape index (κ2) is 8.98. The lowest BCUT2D eigenvalue weighted by atomic mass is 9.92. The van der Waals surface area contributed by atoms with Gasteiger partial charge in [0.05, 0.1) is 11.4 Å². The van der Waals surface area contributed by atoms with Crippen LogP contribution in [0.2, 0.25) is 0 Å². The number of esters is 1. The van der Waals surface area contributed by atoms with Crippen molar-refractivity contribution in [3.63, 3.8) is 0 Å². The predicted molar refractivity (Wildman–Crippen MR) is 106 cm³/mol. The molecule has 0 aliphatic carbocycles. The third-order valence-electron chi connectivity index (χ3n) is 3.63. The molecule has 1 amide bonds. The van der Waals surface area contributed by atoms with Crippen molar-refractivity contribution in [1.82, 2.24) is 9.78 Å². The summed E-state index contributed by atoms with van der Waals surface area (Å²) in [6.07, 6.45) is 6.31. The Hall–Kier alpha value is -3.15. The topological polar surface area (TPSA) is 73.2 Å². The molecule has 0 radical (unpaired) electrons. The Labute approximate surface area is 159 Å². The van der Waals surface area contributed by atoms with Crippen molar-refractivity contribution < 1.29 is 14.3 Å². The monoisotopic (exact) mass is 367 g/mol. The number of anilines is 1. The first-order chi connectivity index (χ1) is 12.8. The van der Waals surface area contributed by atoms with Crippen molar-refractivity contribution in [1.29, 1.82) is 0 Å². The van der Waals surface area contributed by atoms with Crippen LogP contribution in [0.15, 0.2) is 60.7 Å². The van der Waals surface area contributed by atoms with Crippen molar-refractivity contribution in [3.8, 4) is 5.69 Å². The van der Waals surface area contributed by atoms with Gasteiger partial charge in [0, 0.05) is 17.6 Å². The number of para-hydroxylation sites is 1. The van der Waals surface area contributed by atoms with Gasteiger partial charge in [-0.2, -0.15) is 5.10 Å². The first kappa shape index (κ1) is 20.2. The van der Waals surface area contributed by atoms with E-state index in [1.165, 1.54) is 6.08 Å². The molecule has 2 rings (SSSR count). The average Bonchev–Trinajstić information content (AvgIpc) is 3.05. The van der Waals surface area contributed by atoms with E-state index >= 15 is 0 Å². The van der Waals surface area contributed by atoms with Crippen LogP contribution in [0.5, 0.6) is 0 Å². The second-order valence-electron chi connectivity index (χ2n) is 6.95. The molecule has 6 heteroatoms. The van der Waals surface area contributed by atoms with Crippen molar-refractivity contribution in [3.05, 3.63) is 66.4 Å². The number of carbonyl (C=O) groups excluding carboxylic acids is 2. The van der Waals surface area contributed by atoms with Gasteiger partial charge in [0.1, 0.15) is 5.82 Å². The van der Waals surface area contributed by atoms with Crippen molar-refractivity contribution in [2.24, 2.45) is 0 Å². The van der Waals surface area contributed by atoms with E-state index in [2.05, 4.69) is 31.2 Å². The molecule has 1 N–H and O–H groups in total. The highest BCUT2D eigenvalue weighted by atomic mass is 16.5. The number of ether oxygens (including phenoxy) is 1. The van der Waals surface area contributed by atoms with Crippen LogP contribution in [0.4, 0.5) is 5.82 Å². The molecule has 0 saturated heterocycles. The Balaban J connectivity index is 2.14. The summed E-state index contributed by atoms with van der Waals surface area (Å²) in [4.78, 5) is 23.8. The molecule has 0 bridgehead atoms. The van der Waals surface area contributed by atoms with Crippen LogP contribution in [0.1, 0.15) is 33.4 Å². The van der Waals surface area contributed by atoms with E-state index in [0.29, 0.717) is 5.82 Å². The highest BCUT2D eigenvalue weighted by Gasteiger charge is 2.21. The second-order valence-corrected chi connectivity index (χ2v) is 6.95. The van der Waals surface area contributed by atoms with Gasteiger partial charge in [-0.25, -0.2) is 9.48 Å². The number of rotatable bonds is 6. The molecule has 6 nitrogen and oxygen atoms in total. The van der Waals surface area contributed by atoms with Gasteiger partial charge in [0.15, 0.2) is 6.61 Å². The Morgan fingerprint density at radius 2 is 1.89 bits per heavy atom. The van der Waals surface area contributed by atoms with E-state index in [1.54, 1.807) is 22.9 Å². The molecular formula is C21H25N3O3. The molecule has 2 aromatic rings. The molecule has 142 valence electrons. The third-order valence-corrected chi connectivity index (χ3v) is 3.63. The summed E-state index contributed by atoms with van der Waals surface area (Å²) in [7, 11) is 0. The predicted octanol–water partition coefficient (Wildman–Crippen LogP) is 3.78. The van der Waals surface area contributed by atoms with Crippen LogP contribution < -0.4 is 5.32 Å². The van der Waals surface area contributed by atoms with Crippen LogP contribution in [-0.2, 0) is 19.7 Å². The molecule has 1 aromatic heterocycles. The Kier molecular flexibility index (Phi) is 6.71. The molecule has 0 unspecified atom stereocenters. The minimum Gasteiger partial charge on any atom is -0.452 e. The van der Waals surface area contributed by atoms with Gasteiger partial charge in [-0.15, -0.1) is 0 Å². The summed E-state index contributed by atoms with van der Waals surface area (Å²) < 4.78 is 6.61. The SMILES string of the molecule is C/C=C/C=C/C(=O)OCC(=O)Nc1cc(C(C)(C)C)nn1-c1ccccc1. The molecule has 0 aliphatic heterocycles. The fraction of sp³-hybridized carbons (Fsp3) is 0.286. The number of carbonyl (C=O) groups is 2. The van der Waals surface area contributed by atoms with Crippen molar-refractivity contribution in [2.45, 2.75) is 33.1 Å². The van der Waals surface area contributed by atoms with E-state index < -0.39 is 11.9 Å². The minimum atomic E-state index is -0.574. The van der Waals surface area contributed by atoms with Crippen LogP contribution in [-0.4, -0.2) is 28.3 Å². The van der Waals surface area contributed by atoms with Gasteiger partial charge in [0.25, 0.3) is 5.91 Å². The standard InChI is InChI=1S/C21H25N3O3/c1-5-6-8-13-20(26)27-15-19(25)22-18-14-17(21(2,3)4)23-24(18)16-11-9-7-10-12-16/h5-14H,15H2,1-4H3,(H,22,25)/b6-5+,13-8+. The number of allylic oxidation sites excluding steroid dienone is 3. The zero-order chi connectivity index (χ0) is 19.9. The lowest BCUT2D eigenvalue weighted by Gasteiger charge is -2.14. The highest BCUT2D eigenvalue weighted by molar-refractivity contribution is 5.93. The van der Waals surface area contributed by atoms with Crippen LogP contribution in [0.25, 0.3) is 5.69 Å². The lowest BCUT2D eigenvalue weighted by Crippen LogP contribution is -2.21. The zero-order valence-corrected chi connectivity index (χ0v) is 16.1. The van der Waals surface area contributed by atoms with E-state index in [9.17, 15) is 9.59 Å². The number of hydrogen-bond donors (Lipinski definition) is 1. The summed E-state index contributed by atoms with van der Waals surface area (Å²) in [5.74, 6) is -0.479. The summed E-state index contributed by atoms with van der Waals surface area (Å²) in [6, 6.07) is 11.4. The van der Waals surface area contributed by atoms with Crippen LogP contribution >= 0.6 is 0 Å². The van der Waals surface area contributed by atoms with E-state index in [4.69, 9.17) is 4.74 Å². The van der Waals surface area contributed by atoms with Crippen molar-refractivity contribution in [2.75, 3.05) is 11.9 Å². The lowest BCUT2D eigenvalue weighted by molar-refractivity contribution is -0.142. The zero-order valence-electron chi connectivity index (χ0n) is 16.1. The molecule has 0 saturated carbocycles. The van der Waals surface area contributed by atoms with Gasteiger partial charge in [-0.1, -0.05) is 57.2 Å². The van der Waals surface area contributed by atoms with E-state index in [0.717, 1.165) is 11.4 Å². The molecule has 27 heavy (non-hydrogen) atoms. The maximum Gasteiger partial charge on any atom is 0.331 e. The number of nitrogens with one attached hydrogen (secondary N) is 1. The Morgan fingerprint density at radius 3 is 2.52 bits per heavy atom. The van der Waals surface area contributed by atoms with Gasteiger partial charge in [0.2, 0.25) is 0 Å². The Bertz CT molecular complexity index is 843. The maximum atomic E-state index is 12.2. The van der Waals surface area contributed by atoms with Crippen molar-refractivity contribution >= 4 is 17.7 Å².